The Morgan fingerprint density at radius 1 is 1.26 bits per heavy atom. The summed E-state index contributed by atoms with van der Waals surface area (Å²) in [5.74, 6) is -0.754. The Balaban J connectivity index is 1.68. The second-order valence-electron chi connectivity index (χ2n) is 6.77. The van der Waals surface area contributed by atoms with Crippen LogP contribution in [0.25, 0.3) is 0 Å². The number of likely N-dealkylation sites (tertiary alicyclic amines) is 1. The van der Waals surface area contributed by atoms with Gasteiger partial charge in [-0.3, -0.25) is 9.59 Å². The van der Waals surface area contributed by atoms with Gasteiger partial charge < -0.3 is 14.4 Å². The number of carboxylic acid groups (broad SMARTS) is 1. The number of amides is 1. The van der Waals surface area contributed by atoms with E-state index in [1.165, 1.54) is 35.4 Å². The van der Waals surface area contributed by atoms with Crippen molar-refractivity contribution in [2.45, 2.75) is 24.8 Å². The zero-order chi connectivity index (χ0) is 19.7. The van der Waals surface area contributed by atoms with E-state index in [0.29, 0.717) is 24.3 Å². The monoisotopic (exact) mass is 392 g/mol. The fraction of sp³-hybridized carbons (Fsp3) is 0.333. The number of hydrogen-bond donors (Lipinski definition) is 2. The van der Waals surface area contributed by atoms with Gasteiger partial charge in [-0.1, -0.05) is 0 Å². The van der Waals surface area contributed by atoms with Crippen LogP contribution in [0.2, 0.25) is 0 Å². The molecule has 0 aliphatic carbocycles. The molecular formula is C18H20N2O6S. The molecule has 0 bridgehead atoms. The molecule has 9 heteroatoms. The van der Waals surface area contributed by atoms with E-state index in [2.05, 4.69) is 4.72 Å². The molecule has 0 saturated carbocycles. The quantitative estimate of drug-likeness (QED) is 0.773. The van der Waals surface area contributed by atoms with Crippen molar-refractivity contribution in [3.05, 3.63) is 54.0 Å². The smallest absolute Gasteiger partial charge is 0.311 e. The molecule has 1 unspecified atom stereocenters. The van der Waals surface area contributed by atoms with Crippen LogP contribution in [0.5, 0.6) is 0 Å². The van der Waals surface area contributed by atoms with E-state index in [1.54, 1.807) is 19.1 Å². The van der Waals surface area contributed by atoms with Gasteiger partial charge in [0.05, 0.1) is 23.1 Å². The van der Waals surface area contributed by atoms with Crippen molar-refractivity contribution in [3.8, 4) is 0 Å². The van der Waals surface area contributed by atoms with Gasteiger partial charge in [0.1, 0.15) is 5.76 Å². The largest absolute Gasteiger partial charge is 0.481 e. The third-order valence-corrected chi connectivity index (χ3v) is 6.12. The molecule has 1 atom stereocenters. The van der Waals surface area contributed by atoms with Gasteiger partial charge >= 0.3 is 5.97 Å². The topological polar surface area (TPSA) is 117 Å². The van der Waals surface area contributed by atoms with E-state index in [0.717, 1.165) is 0 Å². The highest BCUT2D eigenvalue weighted by Gasteiger charge is 2.42. The summed E-state index contributed by atoms with van der Waals surface area (Å²) in [7, 11) is -3.74. The first-order valence-corrected chi connectivity index (χ1v) is 9.84. The minimum Gasteiger partial charge on any atom is -0.481 e. The lowest BCUT2D eigenvalue weighted by molar-refractivity contribution is -0.147. The number of rotatable bonds is 6. The molecule has 3 rings (SSSR count). The number of carboxylic acids is 1. The van der Waals surface area contributed by atoms with Crippen LogP contribution in [0.1, 0.15) is 29.5 Å². The Bertz CT molecular complexity index is 937. The number of carbonyl (C=O) groups excluding carboxylic acids is 1. The highest BCUT2D eigenvalue weighted by atomic mass is 32.2. The highest BCUT2D eigenvalue weighted by molar-refractivity contribution is 7.89. The Kier molecular flexibility index (Phi) is 5.07. The van der Waals surface area contributed by atoms with Crippen LogP contribution in [0.3, 0.4) is 0 Å². The van der Waals surface area contributed by atoms with Crippen molar-refractivity contribution < 1.29 is 27.5 Å². The van der Waals surface area contributed by atoms with E-state index >= 15 is 0 Å². The van der Waals surface area contributed by atoms with Crippen LogP contribution in [-0.4, -0.2) is 43.4 Å². The van der Waals surface area contributed by atoms with Gasteiger partial charge in [0.2, 0.25) is 10.0 Å². The van der Waals surface area contributed by atoms with Crippen LogP contribution in [0, 0.1) is 5.41 Å². The third kappa shape index (κ3) is 4.04. The predicted molar refractivity (Wildman–Crippen MR) is 95.4 cm³/mol. The van der Waals surface area contributed by atoms with Crippen molar-refractivity contribution in [1.29, 1.82) is 0 Å². The van der Waals surface area contributed by atoms with Gasteiger partial charge in [-0.15, -0.1) is 0 Å². The zero-order valence-corrected chi connectivity index (χ0v) is 15.5. The molecule has 8 nitrogen and oxygen atoms in total. The predicted octanol–water partition coefficient (Wildman–Crippen LogP) is 1.69. The molecule has 1 aromatic heterocycles. The summed E-state index contributed by atoms with van der Waals surface area (Å²) < 4.78 is 32.1. The van der Waals surface area contributed by atoms with E-state index in [1.807, 2.05) is 0 Å². The van der Waals surface area contributed by atoms with E-state index in [9.17, 15) is 23.1 Å². The standard InChI is InChI=1S/C18H20N2O6S/c1-18(17(22)23)8-9-20(12-18)16(21)13-4-6-15(7-5-13)27(24,25)19-11-14-3-2-10-26-14/h2-7,10,19H,8-9,11-12H2,1H3,(H,22,23). The molecule has 1 fully saturated rings. The second-order valence-corrected chi connectivity index (χ2v) is 8.54. The fourth-order valence-electron chi connectivity index (χ4n) is 2.93. The van der Waals surface area contributed by atoms with Gasteiger partial charge in [-0.25, -0.2) is 13.1 Å². The van der Waals surface area contributed by atoms with Crippen molar-refractivity contribution in [3.63, 3.8) is 0 Å². The molecule has 2 N–H and O–H groups in total. The molecule has 27 heavy (non-hydrogen) atoms. The second kappa shape index (κ2) is 7.16. The molecule has 2 heterocycles. The molecule has 1 aliphatic heterocycles. The van der Waals surface area contributed by atoms with Crippen LogP contribution < -0.4 is 4.72 Å². The lowest BCUT2D eigenvalue weighted by atomic mass is 9.90. The van der Waals surface area contributed by atoms with Crippen molar-refractivity contribution in [2.24, 2.45) is 5.41 Å². The lowest BCUT2D eigenvalue weighted by Gasteiger charge is -2.20. The summed E-state index contributed by atoms with van der Waals surface area (Å²) in [6, 6.07) is 8.89. The number of nitrogens with one attached hydrogen (secondary N) is 1. The maximum Gasteiger partial charge on any atom is 0.311 e. The normalized spacial score (nSPS) is 20.0. The van der Waals surface area contributed by atoms with Crippen molar-refractivity contribution >= 4 is 21.9 Å². The fourth-order valence-corrected chi connectivity index (χ4v) is 3.92. The maximum atomic E-state index is 12.6. The number of aliphatic carboxylic acids is 1. The average Bonchev–Trinajstić information content (AvgIpc) is 3.30. The molecule has 1 aliphatic rings. The third-order valence-electron chi connectivity index (χ3n) is 4.70. The number of hydrogen-bond acceptors (Lipinski definition) is 5. The molecule has 1 saturated heterocycles. The lowest BCUT2D eigenvalue weighted by Crippen LogP contribution is -2.34. The maximum absolute atomic E-state index is 12.6. The van der Waals surface area contributed by atoms with Gasteiger partial charge in [0.25, 0.3) is 5.91 Å². The molecular weight excluding hydrogens is 372 g/mol. The minimum absolute atomic E-state index is 0.0254. The molecule has 1 amide bonds. The summed E-state index contributed by atoms with van der Waals surface area (Å²) in [5, 5.41) is 9.27. The molecule has 1 aromatic carbocycles. The van der Waals surface area contributed by atoms with Crippen LogP contribution in [-0.2, 0) is 21.4 Å². The van der Waals surface area contributed by atoms with Gasteiger partial charge in [-0.05, 0) is 49.7 Å². The minimum atomic E-state index is -3.74. The molecule has 0 spiro atoms. The Morgan fingerprint density at radius 3 is 2.52 bits per heavy atom. The number of furan rings is 1. The Hall–Kier alpha value is -2.65. The summed E-state index contributed by atoms with van der Waals surface area (Å²) >= 11 is 0. The SMILES string of the molecule is CC1(C(=O)O)CCN(C(=O)c2ccc(S(=O)(=O)NCc3ccco3)cc2)C1. The molecule has 2 aromatic rings. The van der Waals surface area contributed by atoms with E-state index in [-0.39, 0.29) is 23.9 Å². The first-order chi connectivity index (χ1) is 12.7. The van der Waals surface area contributed by atoms with E-state index in [4.69, 9.17) is 4.42 Å². The number of nitrogens with zero attached hydrogens (tertiary/aromatic N) is 1. The summed E-state index contributed by atoms with van der Waals surface area (Å²) in [4.78, 5) is 25.4. The van der Waals surface area contributed by atoms with Crippen molar-refractivity contribution in [1.82, 2.24) is 9.62 Å². The van der Waals surface area contributed by atoms with Gasteiger partial charge in [-0.2, -0.15) is 0 Å². The summed E-state index contributed by atoms with van der Waals surface area (Å²) in [5.41, 5.74) is -0.635. The number of sulfonamides is 1. The highest BCUT2D eigenvalue weighted by Crippen LogP contribution is 2.31. The first-order valence-electron chi connectivity index (χ1n) is 8.36. The Labute approximate surface area is 156 Å². The molecule has 0 radical (unpaired) electrons. The Morgan fingerprint density at radius 2 is 1.96 bits per heavy atom. The average molecular weight is 392 g/mol. The van der Waals surface area contributed by atoms with E-state index < -0.39 is 21.4 Å². The first kappa shape index (κ1) is 19.1. The van der Waals surface area contributed by atoms with Gasteiger partial charge in [0, 0.05) is 18.7 Å². The van der Waals surface area contributed by atoms with Crippen LogP contribution in [0.15, 0.2) is 52.0 Å². The van der Waals surface area contributed by atoms with Gasteiger partial charge in [0.15, 0.2) is 0 Å². The summed E-state index contributed by atoms with van der Waals surface area (Å²) in [6.45, 7) is 2.12. The molecule has 144 valence electrons. The van der Waals surface area contributed by atoms with Crippen molar-refractivity contribution in [2.75, 3.05) is 13.1 Å². The van der Waals surface area contributed by atoms with Crippen LogP contribution in [0.4, 0.5) is 0 Å². The summed E-state index contributed by atoms with van der Waals surface area (Å²) in [6.07, 6.45) is 1.84. The van der Waals surface area contributed by atoms with Crippen LogP contribution >= 0.6 is 0 Å². The number of carbonyl (C=O) groups is 2. The zero-order valence-electron chi connectivity index (χ0n) is 14.7. The number of benzene rings is 1.